The van der Waals surface area contributed by atoms with Gasteiger partial charge in [-0.1, -0.05) is 19.1 Å². The minimum Gasteiger partial charge on any atom is -0.497 e. The second kappa shape index (κ2) is 9.87. The minimum absolute atomic E-state index is 0. The fraction of sp³-hybridized carbons (Fsp3) is 0.611. The van der Waals surface area contributed by atoms with Crippen molar-refractivity contribution in [3.63, 3.8) is 0 Å². The highest BCUT2D eigenvalue weighted by Gasteiger charge is 2.27. The van der Waals surface area contributed by atoms with Crippen LogP contribution in [0.2, 0.25) is 0 Å². The fourth-order valence-electron chi connectivity index (χ4n) is 2.71. The first kappa shape index (κ1) is 20.7. The van der Waals surface area contributed by atoms with E-state index in [1.807, 2.05) is 24.3 Å². The molecule has 1 atom stereocenters. The van der Waals surface area contributed by atoms with Gasteiger partial charge in [0.1, 0.15) is 11.9 Å². The number of piperidine rings is 1. The topological polar surface area (TPSA) is 59.6 Å². The summed E-state index contributed by atoms with van der Waals surface area (Å²) in [4.78, 5) is 12.2. The highest BCUT2D eigenvalue weighted by molar-refractivity contribution is 5.85. The molecule has 5 nitrogen and oxygen atoms in total. The normalized spacial score (nSPS) is 17.5. The van der Waals surface area contributed by atoms with Crippen molar-refractivity contribution in [3.8, 4) is 5.75 Å². The van der Waals surface area contributed by atoms with Crippen molar-refractivity contribution in [1.82, 2.24) is 10.6 Å². The van der Waals surface area contributed by atoms with Crippen LogP contribution >= 0.6 is 12.4 Å². The molecular formula is C18H29ClN2O3. The Kier molecular flexibility index (Phi) is 8.53. The lowest BCUT2D eigenvalue weighted by Crippen LogP contribution is -2.45. The van der Waals surface area contributed by atoms with Crippen LogP contribution in [0.3, 0.4) is 0 Å². The van der Waals surface area contributed by atoms with E-state index in [-0.39, 0.29) is 23.7 Å². The van der Waals surface area contributed by atoms with Crippen molar-refractivity contribution in [2.24, 2.45) is 5.41 Å². The van der Waals surface area contributed by atoms with Crippen molar-refractivity contribution in [2.45, 2.75) is 39.4 Å². The Bertz CT molecular complexity index is 519. The van der Waals surface area contributed by atoms with E-state index in [0.717, 1.165) is 37.2 Å². The van der Waals surface area contributed by atoms with Crippen LogP contribution in [-0.2, 0) is 16.1 Å². The predicted octanol–water partition coefficient (Wildman–Crippen LogP) is 2.53. The van der Waals surface area contributed by atoms with E-state index in [9.17, 15) is 4.79 Å². The van der Waals surface area contributed by atoms with Gasteiger partial charge in [-0.2, -0.15) is 0 Å². The number of hydrogen-bond acceptors (Lipinski definition) is 4. The molecule has 0 spiro atoms. The van der Waals surface area contributed by atoms with Gasteiger partial charge in [-0.3, -0.25) is 4.79 Å². The molecule has 0 aromatic heterocycles. The Balaban J connectivity index is 0.00000288. The molecule has 1 saturated heterocycles. The summed E-state index contributed by atoms with van der Waals surface area (Å²) in [6.07, 6.45) is 1.71. The van der Waals surface area contributed by atoms with Gasteiger partial charge in [0, 0.05) is 6.54 Å². The summed E-state index contributed by atoms with van der Waals surface area (Å²) in [6, 6.07) is 7.68. The third kappa shape index (κ3) is 6.30. The molecule has 1 amide bonds. The molecule has 0 radical (unpaired) electrons. The average molecular weight is 357 g/mol. The van der Waals surface area contributed by atoms with Crippen molar-refractivity contribution < 1.29 is 14.3 Å². The summed E-state index contributed by atoms with van der Waals surface area (Å²) in [5, 5.41) is 6.39. The molecule has 2 rings (SSSR count). The number of carbonyl (C=O) groups is 1. The Morgan fingerprint density at radius 2 is 2.08 bits per heavy atom. The largest absolute Gasteiger partial charge is 0.497 e. The maximum atomic E-state index is 12.2. The number of ether oxygens (including phenoxy) is 2. The van der Waals surface area contributed by atoms with Crippen molar-refractivity contribution in [1.29, 1.82) is 0 Å². The Hall–Kier alpha value is -1.30. The zero-order valence-corrected chi connectivity index (χ0v) is 15.6. The first-order valence-corrected chi connectivity index (χ1v) is 8.25. The molecule has 136 valence electrons. The SMILES string of the molecule is COc1cccc(COC(C)C(=O)NCC2(C)CCNCC2)c1.Cl. The van der Waals surface area contributed by atoms with E-state index in [2.05, 4.69) is 17.6 Å². The van der Waals surface area contributed by atoms with E-state index in [4.69, 9.17) is 9.47 Å². The molecule has 0 aliphatic carbocycles. The third-order valence-corrected chi connectivity index (χ3v) is 4.50. The highest BCUT2D eigenvalue weighted by Crippen LogP contribution is 2.26. The zero-order chi connectivity index (χ0) is 16.7. The second-order valence-electron chi connectivity index (χ2n) is 6.58. The van der Waals surface area contributed by atoms with Crippen molar-refractivity contribution in [2.75, 3.05) is 26.7 Å². The maximum Gasteiger partial charge on any atom is 0.248 e. The molecular weight excluding hydrogens is 328 g/mol. The number of carbonyl (C=O) groups excluding carboxylic acids is 1. The number of methoxy groups -OCH3 is 1. The summed E-state index contributed by atoms with van der Waals surface area (Å²) in [7, 11) is 1.64. The van der Waals surface area contributed by atoms with Gasteiger partial charge in [0.05, 0.1) is 13.7 Å². The Labute approximate surface area is 150 Å². The summed E-state index contributed by atoms with van der Waals surface area (Å²) < 4.78 is 10.9. The number of amides is 1. The van der Waals surface area contributed by atoms with Gasteiger partial charge < -0.3 is 20.1 Å². The lowest BCUT2D eigenvalue weighted by atomic mass is 9.81. The first-order valence-electron chi connectivity index (χ1n) is 8.25. The molecule has 1 aliphatic rings. The van der Waals surface area contributed by atoms with Gasteiger partial charge in [0.15, 0.2) is 0 Å². The van der Waals surface area contributed by atoms with Crippen LogP contribution in [-0.4, -0.2) is 38.8 Å². The predicted molar refractivity (Wildman–Crippen MR) is 97.7 cm³/mol. The van der Waals surface area contributed by atoms with Crippen LogP contribution in [0, 0.1) is 5.41 Å². The van der Waals surface area contributed by atoms with E-state index in [1.165, 1.54) is 0 Å². The second-order valence-corrected chi connectivity index (χ2v) is 6.58. The number of hydrogen-bond donors (Lipinski definition) is 2. The van der Waals surface area contributed by atoms with Crippen LogP contribution in [0.1, 0.15) is 32.3 Å². The highest BCUT2D eigenvalue weighted by atomic mass is 35.5. The molecule has 1 aromatic carbocycles. The third-order valence-electron chi connectivity index (χ3n) is 4.50. The maximum absolute atomic E-state index is 12.2. The first-order chi connectivity index (χ1) is 11.0. The van der Waals surface area contributed by atoms with Crippen molar-refractivity contribution >= 4 is 18.3 Å². The summed E-state index contributed by atoms with van der Waals surface area (Å²) in [5.41, 5.74) is 1.18. The van der Waals surface area contributed by atoms with Crippen LogP contribution in [0.4, 0.5) is 0 Å². The van der Waals surface area contributed by atoms with E-state index in [0.29, 0.717) is 13.2 Å². The van der Waals surface area contributed by atoms with Gasteiger partial charge in [0.25, 0.3) is 0 Å². The number of benzene rings is 1. The van der Waals surface area contributed by atoms with Gasteiger partial charge >= 0.3 is 0 Å². The van der Waals surface area contributed by atoms with Crippen LogP contribution in [0.15, 0.2) is 24.3 Å². The van der Waals surface area contributed by atoms with Gasteiger partial charge in [-0.25, -0.2) is 0 Å². The van der Waals surface area contributed by atoms with Crippen LogP contribution in [0.5, 0.6) is 5.75 Å². The molecule has 2 N–H and O–H groups in total. The van der Waals surface area contributed by atoms with Crippen LogP contribution < -0.4 is 15.4 Å². The quantitative estimate of drug-likeness (QED) is 0.788. The molecule has 1 aliphatic heterocycles. The summed E-state index contributed by atoms with van der Waals surface area (Å²) in [5.74, 6) is 0.745. The fourth-order valence-corrected chi connectivity index (χ4v) is 2.71. The molecule has 6 heteroatoms. The lowest BCUT2D eigenvalue weighted by molar-refractivity contribution is -0.133. The van der Waals surface area contributed by atoms with E-state index in [1.54, 1.807) is 14.0 Å². The van der Waals surface area contributed by atoms with Crippen molar-refractivity contribution in [3.05, 3.63) is 29.8 Å². The Morgan fingerprint density at radius 3 is 2.75 bits per heavy atom. The smallest absolute Gasteiger partial charge is 0.248 e. The minimum atomic E-state index is -0.466. The summed E-state index contributed by atoms with van der Waals surface area (Å²) in [6.45, 7) is 7.17. The molecule has 1 fully saturated rings. The molecule has 24 heavy (non-hydrogen) atoms. The number of halogens is 1. The number of rotatable bonds is 7. The number of nitrogens with one attached hydrogen (secondary N) is 2. The molecule has 1 heterocycles. The monoisotopic (exact) mass is 356 g/mol. The lowest BCUT2D eigenvalue weighted by Gasteiger charge is -2.34. The van der Waals surface area contributed by atoms with Crippen LogP contribution in [0.25, 0.3) is 0 Å². The van der Waals surface area contributed by atoms with Gasteiger partial charge in [0.2, 0.25) is 5.91 Å². The zero-order valence-electron chi connectivity index (χ0n) is 14.8. The van der Waals surface area contributed by atoms with E-state index < -0.39 is 6.10 Å². The molecule has 0 saturated carbocycles. The molecule has 1 aromatic rings. The standard InChI is InChI=1S/C18H28N2O3.ClH/c1-14(23-12-15-5-4-6-16(11-15)22-3)17(21)20-13-18(2)7-9-19-10-8-18;/h4-6,11,14,19H,7-10,12-13H2,1-3H3,(H,20,21);1H. The molecule has 0 bridgehead atoms. The molecule has 1 unspecified atom stereocenters. The van der Waals surface area contributed by atoms with Gasteiger partial charge in [-0.15, -0.1) is 12.4 Å². The Morgan fingerprint density at radius 1 is 1.38 bits per heavy atom. The van der Waals surface area contributed by atoms with E-state index >= 15 is 0 Å². The van der Waals surface area contributed by atoms with Gasteiger partial charge in [-0.05, 0) is 56.0 Å². The average Bonchev–Trinajstić information content (AvgIpc) is 2.58. The summed E-state index contributed by atoms with van der Waals surface area (Å²) >= 11 is 0.